The van der Waals surface area contributed by atoms with E-state index in [-0.39, 0.29) is 5.91 Å². The van der Waals surface area contributed by atoms with Gasteiger partial charge >= 0.3 is 0 Å². The molecule has 0 bridgehead atoms. The van der Waals surface area contributed by atoms with Crippen LogP contribution in [0.1, 0.15) is 30.4 Å². The van der Waals surface area contributed by atoms with E-state index in [4.69, 9.17) is 5.73 Å². The molecule has 0 fully saturated rings. The first-order valence-electron chi connectivity index (χ1n) is 8.37. The Balaban J connectivity index is 1.56. The second-order valence-corrected chi connectivity index (χ2v) is 5.88. The maximum absolute atomic E-state index is 12.0. The van der Waals surface area contributed by atoms with Crippen LogP contribution >= 0.6 is 0 Å². The van der Waals surface area contributed by atoms with Crippen molar-refractivity contribution in [3.8, 4) is 0 Å². The van der Waals surface area contributed by atoms with E-state index in [2.05, 4.69) is 29.6 Å². The molecule has 122 valence electrons. The standard InChI is InChI=1S/C20H26N2O/c21-19(16-18-13-6-2-7-14-18)20(23)22-15-9-3-8-12-17-10-4-1-5-11-17/h1-2,4-7,10-11,13-14,19H,3,8-9,12,15-16,21H2,(H,22,23)/t19-/m0/s1. The molecule has 1 atom stereocenters. The van der Waals surface area contributed by atoms with Crippen molar-refractivity contribution in [1.82, 2.24) is 5.32 Å². The minimum Gasteiger partial charge on any atom is -0.355 e. The lowest BCUT2D eigenvalue weighted by atomic mass is 10.1. The van der Waals surface area contributed by atoms with Gasteiger partial charge in [0.05, 0.1) is 6.04 Å². The van der Waals surface area contributed by atoms with Crippen LogP contribution in [0.5, 0.6) is 0 Å². The lowest BCUT2D eigenvalue weighted by Crippen LogP contribution is -2.42. The summed E-state index contributed by atoms with van der Waals surface area (Å²) < 4.78 is 0. The van der Waals surface area contributed by atoms with Crippen molar-refractivity contribution in [2.75, 3.05) is 6.54 Å². The quantitative estimate of drug-likeness (QED) is 0.699. The number of unbranched alkanes of at least 4 members (excludes halogenated alkanes) is 2. The fraction of sp³-hybridized carbons (Fsp3) is 0.350. The van der Waals surface area contributed by atoms with Crippen molar-refractivity contribution in [2.45, 2.75) is 38.1 Å². The third-order valence-electron chi connectivity index (χ3n) is 3.92. The van der Waals surface area contributed by atoms with Crippen molar-refractivity contribution in [1.29, 1.82) is 0 Å². The van der Waals surface area contributed by atoms with Gasteiger partial charge in [0.1, 0.15) is 0 Å². The molecule has 0 heterocycles. The summed E-state index contributed by atoms with van der Waals surface area (Å²) in [4.78, 5) is 12.0. The summed E-state index contributed by atoms with van der Waals surface area (Å²) in [6, 6.07) is 19.9. The number of carbonyl (C=O) groups is 1. The van der Waals surface area contributed by atoms with Gasteiger partial charge in [0.25, 0.3) is 0 Å². The molecule has 23 heavy (non-hydrogen) atoms. The Bertz CT molecular complexity index is 569. The zero-order valence-corrected chi connectivity index (χ0v) is 13.6. The molecule has 3 nitrogen and oxygen atoms in total. The molecule has 3 heteroatoms. The van der Waals surface area contributed by atoms with Crippen LogP contribution in [0, 0.1) is 0 Å². The zero-order valence-electron chi connectivity index (χ0n) is 13.6. The predicted octanol–water partition coefficient (Wildman–Crippen LogP) is 3.09. The molecule has 2 aromatic carbocycles. The number of aryl methyl sites for hydroxylation is 1. The Labute approximate surface area is 138 Å². The molecule has 0 aromatic heterocycles. The summed E-state index contributed by atoms with van der Waals surface area (Å²) in [5.41, 5.74) is 8.43. The Hall–Kier alpha value is -2.13. The molecule has 2 rings (SSSR count). The van der Waals surface area contributed by atoms with Gasteiger partial charge in [-0.05, 0) is 36.8 Å². The second-order valence-electron chi connectivity index (χ2n) is 5.88. The van der Waals surface area contributed by atoms with E-state index in [1.807, 2.05) is 36.4 Å². The van der Waals surface area contributed by atoms with E-state index in [1.54, 1.807) is 0 Å². The maximum Gasteiger partial charge on any atom is 0.237 e. The highest BCUT2D eigenvalue weighted by Gasteiger charge is 2.12. The number of benzene rings is 2. The van der Waals surface area contributed by atoms with Crippen LogP contribution in [0.25, 0.3) is 0 Å². The molecule has 0 spiro atoms. The minimum absolute atomic E-state index is 0.0584. The van der Waals surface area contributed by atoms with E-state index < -0.39 is 6.04 Å². The Morgan fingerprint density at radius 1 is 0.870 bits per heavy atom. The van der Waals surface area contributed by atoms with Crippen LogP contribution in [0.4, 0.5) is 0 Å². The van der Waals surface area contributed by atoms with Crippen molar-refractivity contribution in [2.24, 2.45) is 5.73 Å². The molecule has 0 aliphatic rings. The monoisotopic (exact) mass is 310 g/mol. The highest BCUT2D eigenvalue weighted by molar-refractivity contribution is 5.81. The number of carbonyl (C=O) groups excluding carboxylic acids is 1. The molecule has 0 aliphatic heterocycles. The van der Waals surface area contributed by atoms with Gasteiger partial charge in [-0.1, -0.05) is 67.1 Å². The van der Waals surface area contributed by atoms with Crippen LogP contribution in [0.15, 0.2) is 60.7 Å². The second kappa shape index (κ2) is 9.80. The predicted molar refractivity (Wildman–Crippen MR) is 95.1 cm³/mol. The summed E-state index contributed by atoms with van der Waals surface area (Å²) in [6.45, 7) is 0.704. The summed E-state index contributed by atoms with van der Waals surface area (Å²) in [5, 5.41) is 2.94. The van der Waals surface area contributed by atoms with Crippen molar-refractivity contribution < 1.29 is 4.79 Å². The Morgan fingerprint density at radius 2 is 1.48 bits per heavy atom. The number of hydrogen-bond acceptors (Lipinski definition) is 2. The van der Waals surface area contributed by atoms with Crippen LogP contribution in [-0.4, -0.2) is 18.5 Å². The number of amides is 1. The average Bonchev–Trinajstić information content (AvgIpc) is 2.59. The normalized spacial score (nSPS) is 11.9. The molecule has 0 aliphatic carbocycles. The highest BCUT2D eigenvalue weighted by Crippen LogP contribution is 2.06. The summed E-state index contributed by atoms with van der Waals surface area (Å²) >= 11 is 0. The van der Waals surface area contributed by atoms with Crippen LogP contribution < -0.4 is 11.1 Å². The zero-order chi connectivity index (χ0) is 16.3. The van der Waals surface area contributed by atoms with Gasteiger partial charge in [-0.3, -0.25) is 4.79 Å². The third-order valence-corrected chi connectivity index (χ3v) is 3.92. The van der Waals surface area contributed by atoms with E-state index in [9.17, 15) is 4.79 Å². The Morgan fingerprint density at radius 3 is 2.13 bits per heavy atom. The van der Waals surface area contributed by atoms with Crippen LogP contribution in [-0.2, 0) is 17.6 Å². The number of nitrogens with two attached hydrogens (primary N) is 1. The molecule has 2 aromatic rings. The van der Waals surface area contributed by atoms with Gasteiger partial charge in [0, 0.05) is 6.54 Å². The highest BCUT2D eigenvalue weighted by atomic mass is 16.2. The van der Waals surface area contributed by atoms with Gasteiger partial charge in [-0.15, -0.1) is 0 Å². The van der Waals surface area contributed by atoms with Gasteiger partial charge in [-0.25, -0.2) is 0 Å². The lowest BCUT2D eigenvalue weighted by molar-refractivity contribution is -0.122. The SMILES string of the molecule is N[C@@H](Cc1ccccc1)C(=O)NCCCCCc1ccccc1. The molecule has 0 radical (unpaired) electrons. The number of nitrogens with one attached hydrogen (secondary N) is 1. The number of hydrogen-bond donors (Lipinski definition) is 2. The first-order valence-corrected chi connectivity index (χ1v) is 8.37. The fourth-order valence-electron chi connectivity index (χ4n) is 2.58. The average molecular weight is 310 g/mol. The van der Waals surface area contributed by atoms with Crippen LogP contribution in [0.2, 0.25) is 0 Å². The van der Waals surface area contributed by atoms with E-state index >= 15 is 0 Å². The molecular weight excluding hydrogens is 284 g/mol. The van der Waals surface area contributed by atoms with Gasteiger partial charge < -0.3 is 11.1 Å². The topological polar surface area (TPSA) is 55.1 Å². The van der Waals surface area contributed by atoms with Crippen molar-refractivity contribution in [3.05, 3.63) is 71.8 Å². The summed E-state index contributed by atoms with van der Waals surface area (Å²) in [6.07, 6.45) is 4.94. The molecule has 0 unspecified atom stereocenters. The Kier molecular flexibility index (Phi) is 7.34. The largest absolute Gasteiger partial charge is 0.355 e. The van der Waals surface area contributed by atoms with Crippen LogP contribution in [0.3, 0.4) is 0 Å². The van der Waals surface area contributed by atoms with E-state index in [0.29, 0.717) is 13.0 Å². The molecule has 0 saturated carbocycles. The van der Waals surface area contributed by atoms with Crippen molar-refractivity contribution >= 4 is 5.91 Å². The van der Waals surface area contributed by atoms with Gasteiger partial charge in [-0.2, -0.15) is 0 Å². The van der Waals surface area contributed by atoms with Crippen molar-refractivity contribution in [3.63, 3.8) is 0 Å². The smallest absolute Gasteiger partial charge is 0.237 e. The minimum atomic E-state index is -0.471. The fourth-order valence-corrected chi connectivity index (χ4v) is 2.58. The van der Waals surface area contributed by atoms with E-state index in [1.165, 1.54) is 5.56 Å². The first-order chi connectivity index (χ1) is 11.3. The first kappa shape index (κ1) is 17.2. The molecular formula is C20H26N2O. The molecule has 0 saturated heterocycles. The molecule has 1 amide bonds. The third kappa shape index (κ3) is 6.66. The van der Waals surface area contributed by atoms with Gasteiger partial charge in [0.15, 0.2) is 0 Å². The summed E-state index contributed by atoms with van der Waals surface area (Å²) in [7, 11) is 0. The maximum atomic E-state index is 12.0. The number of rotatable bonds is 9. The molecule has 3 N–H and O–H groups in total. The lowest BCUT2D eigenvalue weighted by Gasteiger charge is -2.12. The van der Waals surface area contributed by atoms with Gasteiger partial charge in [0.2, 0.25) is 5.91 Å². The summed E-state index contributed by atoms with van der Waals surface area (Å²) in [5.74, 6) is -0.0584. The van der Waals surface area contributed by atoms with E-state index in [0.717, 1.165) is 31.2 Å².